The van der Waals surface area contributed by atoms with Gasteiger partial charge in [0.15, 0.2) is 6.61 Å². The van der Waals surface area contributed by atoms with Gasteiger partial charge in [-0.1, -0.05) is 0 Å². The number of ether oxygens (including phenoxy) is 1. The molecule has 1 fully saturated rings. The van der Waals surface area contributed by atoms with E-state index >= 15 is 0 Å². The number of carbonyl (C=O) groups is 3. The van der Waals surface area contributed by atoms with Gasteiger partial charge in [0.25, 0.3) is 11.6 Å². The summed E-state index contributed by atoms with van der Waals surface area (Å²) in [7, 11) is 0. The van der Waals surface area contributed by atoms with E-state index in [9.17, 15) is 29.6 Å². The van der Waals surface area contributed by atoms with E-state index < -0.39 is 28.1 Å². The molecule has 10 heteroatoms. The van der Waals surface area contributed by atoms with Crippen LogP contribution in [-0.2, 0) is 14.4 Å². The SMILES string of the molecule is CC1(C(=O)O)CCCN(C(=O)CN2C(=O)COc3ccc([N+](=O)[O-])cc32)C1. The molecule has 3 rings (SSSR count). The number of amides is 2. The van der Waals surface area contributed by atoms with E-state index in [0.717, 1.165) is 4.90 Å². The number of hydrogen-bond donors (Lipinski definition) is 1. The molecule has 10 nitrogen and oxygen atoms in total. The second-order valence-corrected chi connectivity index (χ2v) is 6.96. The molecule has 2 amide bonds. The van der Waals surface area contributed by atoms with Gasteiger partial charge < -0.3 is 14.7 Å². The first kappa shape index (κ1) is 18.6. The van der Waals surface area contributed by atoms with Crippen molar-refractivity contribution in [3.63, 3.8) is 0 Å². The second-order valence-electron chi connectivity index (χ2n) is 6.96. The number of carboxylic acids is 1. The van der Waals surface area contributed by atoms with Crippen molar-refractivity contribution < 1.29 is 29.2 Å². The summed E-state index contributed by atoms with van der Waals surface area (Å²) < 4.78 is 5.28. The highest BCUT2D eigenvalue weighted by molar-refractivity contribution is 6.02. The minimum absolute atomic E-state index is 0.0570. The summed E-state index contributed by atoms with van der Waals surface area (Å²) >= 11 is 0. The van der Waals surface area contributed by atoms with Crippen LogP contribution in [0.1, 0.15) is 19.8 Å². The molecule has 1 N–H and O–H groups in total. The quantitative estimate of drug-likeness (QED) is 0.612. The van der Waals surface area contributed by atoms with E-state index in [4.69, 9.17) is 4.74 Å². The third-order valence-corrected chi connectivity index (χ3v) is 4.96. The fourth-order valence-corrected chi connectivity index (χ4v) is 3.34. The third-order valence-electron chi connectivity index (χ3n) is 4.96. The number of nitrogens with zero attached hydrogens (tertiary/aromatic N) is 3. The van der Waals surface area contributed by atoms with Gasteiger partial charge in [0.05, 0.1) is 16.0 Å². The van der Waals surface area contributed by atoms with Gasteiger partial charge >= 0.3 is 5.97 Å². The van der Waals surface area contributed by atoms with Crippen molar-refractivity contribution in [2.24, 2.45) is 5.41 Å². The first-order valence-corrected chi connectivity index (χ1v) is 8.44. The Morgan fingerprint density at radius 1 is 1.41 bits per heavy atom. The standard InChI is InChI=1S/C17H19N3O7/c1-17(16(23)24)5-2-6-18(10-17)14(21)8-19-12-7-11(20(25)26)3-4-13(12)27-9-15(19)22/h3-4,7H,2,5-6,8-10H2,1H3,(H,23,24). The topological polar surface area (TPSA) is 130 Å². The van der Waals surface area contributed by atoms with Crippen molar-refractivity contribution in [3.8, 4) is 5.75 Å². The molecule has 0 aliphatic carbocycles. The number of hydrogen-bond acceptors (Lipinski definition) is 6. The molecule has 2 heterocycles. The zero-order valence-corrected chi connectivity index (χ0v) is 14.7. The average Bonchev–Trinajstić information content (AvgIpc) is 2.63. The first-order chi connectivity index (χ1) is 12.7. The lowest BCUT2D eigenvalue weighted by Gasteiger charge is -2.38. The van der Waals surface area contributed by atoms with E-state index in [2.05, 4.69) is 0 Å². The summed E-state index contributed by atoms with van der Waals surface area (Å²) in [6.07, 6.45) is 1.02. The minimum atomic E-state index is -1.03. The lowest BCUT2D eigenvalue weighted by Crippen LogP contribution is -2.52. The highest BCUT2D eigenvalue weighted by atomic mass is 16.6. The minimum Gasteiger partial charge on any atom is -0.482 e. The maximum absolute atomic E-state index is 12.7. The predicted octanol–water partition coefficient (Wildman–Crippen LogP) is 1.03. The Kier molecular flexibility index (Phi) is 4.73. The first-order valence-electron chi connectivity index (χ1n) is 8.44. The molecular weight excluding hydrogens is 358 g/mol. The summed E-state index contributed by atoms with van der Waals surface area (Å²) in [4.78, 5) is 49.4. The van der Waals surface area contributed by atoms with Gasteiger partial charge in [-0.25, -0.2) is 0 Å². The number of aliphatic carboxylic acids is 1. The van der Waals surface area contributed by atoms with E-state index in [1.165, 1.54) is 23.1 Å². The highest BCUT2D eigenvalue weighted by Gasteiger charge is 2.40. The molecular formula is C17H19N3O7. The maximum Gasteiger partial charge on any atom is 0.311 e. The van der Waals surface area contributed by atoms with Gasteiger partial charge in [0, 0.05) is 25.2 Å². The number of likely N-dealkylation sites (tertiary alicyclic amines) is 1. The van der Waals surface area contributed by atoms with Crippen molar-refractivity contribution in [1.82, 2.24) is 4.90 Å². The molecule has 144 valence electrons. The summed E-state index contributed by atoms with van der Waals surface area (Å²) in [5.41, 5.74) is -1.09. The number of carbonyl (C=O) groups excluding carboxylic acids is 2. The number of anilines is 1. The molecule has 1 aromatic rings. The zero-order chi connectivity index (χ0) is 19.8. The fourth-order valence-electron chi connectivity index (χ4n) is 3.34. The van der Waals surface area contributed by atoms with Crippen LogP contribution in [-0.4, -0.2) is 59.0 Å². The van der Waals surface area contributed by atoms with Crippen molar-refractivity contribution in [2.45, 2.75) is 19.8 Å². The molecule has 0 radical (unpaired) electrons. The van der Waals surface area contributed by atoms with Crippen molar-refractivity contribution in [3.05, 3.63) is 28.3 Å². The van der Waals surface area contributed by atoms with Gasteiger partial charge in [0.1, 0.15) is 12.3 Å². The van der Waals surface area contributed by atoms with Crippen LogP contribution in [0, 0.1) is 15.5 Å². The van der Waals surface area contributed by atoms with Gasteiger partial charge in [-0.2, -0.15) is 0 Å². The van der Waals surface area contributed by atoms with Crippen LogP contribution in [0.3, 0.4) is 0 Å². The van der Waals surface area contributed by atoms with Crippen LogP contribution < -0.4 is 9.64 Å². The summed E-state index contributed by atoms with van der Waals surface area (Å²) in [6, 6.07) is 3.84. The summed E-state index contributed by atoms with van der Waals surface area (Å²) in [5.74, 6) is -1.59. The van der Waals surface area contributed by atoms with Crippen LogP contribution in [0.4, 0.5) is 11.4 Å². The molecule has 1 unspecified atom stereocenters. The molecule has 1 aromatic carbocycles. The molecule has 1 saturated heterocycles. The van der Waals surface area contributed by atoms with Crippen molar-refractivity contribution in [1.29, 1.82) is 0 Å². The number of benzene rings is 1. The van der Waals surface area contributed by atoms with Gasteiger partial charge in [-0.05, 0) is 25.8 Å². The molecule has 0 saturated carbocycles. The number of piperidine rings is 1. The molecule has 2 aliphatic heterocycles. The number of nitro benzene ring substituents is 1. The molecule has 2 aliphatic rings. The fraction of sp³-hybridized carbons (Fsp3) is 0.471. The molecule has 0 aromatic heterocycles. The lowest BCUT2D eigenvalue weighted by molar-refractivity contribution is -0.384. The van der Waals surface area contributed by atoms with E-state index in [1.807, 2.05) is 0 Å². The Morgan fingerprint density at radius 2 is 2.15 bits per heavy atom. The largest absolute Gasteiger partial charge is 0.482 e. The predicted molar refractivity (Wildman–Crippen MR) is 92.5 cm³/mol. The number of nitro groups is 1. The normalized spacial score (nSPS) is 22.0. The molecule has 27 heavy (non-hydrogen) atoms. The van der Waals surface area contributed by atoms with Gasteiger partial charge in [-0.15, -0.1) is 0 Å². The van der Waals surface area contributed by atoms with Gasteiger partial charge in [-0.3, -0.25) is 29.4 Å². The Balaban J connectivity index is 1.82. The number of fused-ring (bicyclic) bond motifs is 1. The highest BCUT2D eigenvalue weighted by Crippen LogP contribution is 2.35. The number of rotatable bonds is 4. The number of non-ortho nitro benzene ring substituents is 1. The monoisotopic (exact) mass is 377 g/mol. The van der Waals surface area contributed by atoms with Crippen LogP contribution in [0.5, 0.6) is 5.75 Å². The van der Waals surface area contributed by atoms with Crippen LogP contribution in [0.2, 0.25) is 0 Å². The second kappa shape index (κ2) is 6.86. The molecule has 0 spiro atoms. The summed E-state index contributed by atoms with van der Waals surface area (Å²) in [5, 5.41) is 20.4. The Hall–Kier alpha value is -3.17. The Labute approximate surface area is 154 Å². The Bertz CT molecular complexity index is 825. The van der Waals surface area contributed by atoms with Crippen molar-refractivity contribution in [2.75, 3.05) is 31.1 Å². The van der Waals surface area contributed by atoms with Crippen LogP contribution in [0.25, 0.3) is 0 Å². The van der Waals surface area contributed by atoms with Crippen molar-refractivity contribution >= 4 is 29.2 Å². The zero-order valence-electron chi connectivity index (χ0n) is 14.7. The average molecular weight is 377 g/mol. The van der Waals surface area contributed by atoms with E-state index in [1.54, 1.807) is 6.92 Å². The van der Waals surface area contributed by atoms with E-state index in [0.29, 0.717) is 19.4 Å². The number of carboxylic acid groups (broad SMARTS) is 1. The molecule has 0 bridgehead atoms. The van der Waals surface area contributed by atoms with Gasteiger partial charge in [0.2, 0.25) is 5.91 Å². The molecule has 1 atom stereocenters. The Morgan fingerprint density at radius 3 is 2.81 bits per heavy atom. The van der Waals surface area contributed by atoms with Crippen LogP contribution >= 0.6 is 0 Å². The maximum atomic E-state index is 12.7. The lowest BCUT2D eigenvalue weighted by atomic mass is 9.82. The smallest absolute Gasteiger partial charge is 0.311 e. The van der Waals surface area contributed by atoms with E-state index in [-0.39, 0.29) is 36.8 Å². The van der Waals surface area contributed by atoms with Crippen LogP contribution in [0.15, 0.2) is 18.2 Å². The third kappa shape index (κ3) is 3.55. The summed E-state index contributed by atoms with van der Waals surface area (Å²) in [6.45, 7) is 1.45.